The van der Waals surface area contributed by atoms with Gasteiger partial charge in [-0.15, -0.1) is 0 Å². The second-order valence-electron chi connectivity index (χ2n) is 8.80. The van der Waals surface area contributed by atoms with E-state index in [0.29, 0.717) is 28.0 Å². The number of nitrogens with one attached hydrogen (secondary N) is 1. The number of hydrogen-bond acceptors (Lipinski definition) is 5. The monoisotopic (exact) mass is 468 g/mol. The minimum Gasteiger partial charge on any atom is -0.497 e. The maximum Gasteiger partial charge on any atom is 0.265 e. The van der Waals surface area contributed by atoms with Crippen molar-refractivity contribution in [1.29, 1.82) is 0 Å². The molecule has 1 fully saturated rings. The van der Waals surface area contributed by atoms with Crippen LogP contribution in [0.15, 0.2) is 77.6 Å². The number of nitrogens with zero attached hydrogens (tertiary/aromatic N) is 3. The van der Waals surface area contributed by atoms with Crippen LogP contribution in [-0.4, -0.2) is 41.7 Å². The Labute approximate surface area is 204 Å². The number of para-hydroxylation sites is 1. The summed E-state index contributed by atoms with van der Waals surface area (Å²) in [6.45, 7) is 3.58. The molecule has 0 spiro atoms. The average Bonchev–Trinajstić information content (AvgIpc) is 2.89. The molecule has 5 rings (SSSR count). The number of piperidine rings is 1. The highest BCUT2D eigenvalue weighted by atomic mass is 16.5. The third kappa shape index (κ3) is 4.62. The molecule has 7 nitrogen and oxygen atoms in total. The zero-order valence-electron chi connectivity index (χ0n) is 19.9. The van der Waals surface area contributed by atoms with Crippen LogP contribution in [0.2, 0.25) is 0 Å². The number of aryl methyl sites for hydroxylation is 1. The van der Waals surface area contributed by atoms with E-state index >= 15 is 0 Å². The molecule has 0 atom stereocenters. The SMILES string of the molecule is COc1ccc(N2CCC(NC(=O)c3ccc(-n4c(C)nc5ccccc5c4=O)cc3)CC2)cc1. The quantitative estimate of drug-likeness (QED) is 0.477. The molecule has 0 radical (unpaired) electrons. The first-order valence-corrected chi connectivity index (χ1v) is 11.8. The van der Waals surface area contributed by atoms with E-state index in [9.17, 15) is 9.59 Å². The van der Waals surface area contributed by atoms with E-state index < -0.39 is 0 Å². The lowest BCUT2D eigenvalue weighted by molar-refractivity contribution is 0.0931. The molecular formula is C28H28N4O3. The highest BCUT2D eigenvalue weighted by Crippen LogP contribution is 2.23. The number of carbonyl (C=O) groups is 1. The van der Waals surface area contributed by atoms with Gasteiger partial charge in [0.05, 0.1) is 23.7 Å². The predicted molar refractivity (Wildman–Crippen MR) is 138 cm³/mol. The molecule has 0 unspecified atom stereocenters. The molecule has 2 heterocycles. The number of hydrogen-bond donors (Lipinski definition) is 1. The van der Waals surface area contributed by atoms with Gasteiger partial charge in [0.25, 0.3) is 11.5 Å². The van der Waals surface area contributed by atoms with Crippen molar-refractivity contribution in [1.82, 2.24) is 14.9 Å². The molecule has 1 saturated heterocycles. The number of anilines is 1. The van der Waals surface area contributed by atoms with Crippen LogP contribution >= 0.6 is 0 Å². The van der Waals surface area contributed by atoms with E-state index in [2.05, 4.69) is 27.3 Å². The summed E-state index contributed by atoms with van der Waals surface area (Å²) < 4.78 is 6.82. The Bertz CT molecular complexity index is 1400. The molecule has 1 aromatic heterocycles. The fraction of sp³-hybridized carbons (Fsp3) is 0.250. The van der Waals surface area contributed by atoms with Crippen LogP contribution in [0.25, 0.3) is 16.6 Å². The van der Waals surface area contributed by atoms with Crippen molar-refractivity contribution in [2.24, 2.45) is 0 Å². The molecule has 0 saturated carbocycles. The molecule has 0 bridgehead atoms. The van der Waals surface area contributed by atoms with Crippen molar-refractivity contribution in [2.75, 3.05) is 25.1 Å². The first kappa shape index (κ1) is 22.7. The van der Waals surface area contributed by atoms with E-state index in [-0.39, 0.29) is 17.5 Å². The fourth-order valence-corrected chi connectivity index (χ4v) is 4.65. The standard InChI is InChI=1S/C28H28N4O3/c1-19-29-26-6-4-3-5-25(26)28(34)32(19)23-9-7-20(8-10-23)27(33)30-21-15-17-31(18-16-21)22-11-13-24(35-2)14-12-22/h3-14,21H,15-18H2,1-2H3,(H,30,33). The molecule has 35 heavy (non-hydrogen) atoms. The van der Waals surface area contributed by atoms with Gasteiger partial charge in [-0.1, -0.05) is 12.1 Å². The van der Waals surface area contributed by atoms with E-state index in [0.717, 1.165) is 31.7 Å². The second-order valence-corrected chi connectivity index (χ2v) is 8.80. The largest absolute Gasteiger partial charge is 0.497 e. The predicted octanol–water partition coefficient (Wildman–Crippen LogP) is 4.10. The van der Waals surface area contributed by atoms with E-state index in [1.165, 1.54) is 5.69 Å². The maximum absolute atomic E-state index is 13.0. The molecule has 4 aromatic rings. The van der Waals surface area contributed by atoms with Gasteiger partial charge >= 0.3 is 0 Å². The first-order valence-electron chi connectivity index (χ1n) is 11.8. The number of methoxy groups -OCH3 is 1. The molecular weight excluding hydrogens is 440 g/mol. The van der Waals surface area contributed by atoms with Crippen LogP contribution in [0, 0.1) is 6.92 Å². The average molecular weight is 469 g/mol. The Morgan fingerprint density at radius 1 is 0.943 bits per heavy atom. The Balaban J connectivity index is 1.24. The van der Waals surface area contributed by atoms with E-state index in [4.69, 9.17) is 4.74 Å². The van der Waals surface area contributed by atoms with Gasteiger partial charge in [0.2, 0.25) is 0 Å². The smallest absolute Gasteiger partial charge is 0.265 e. The zero-order chi connectivity index (χ0) is 24.4. The van der Waals surface area contributed by atoms with Crippen LogP contribution in [0.1, 0.15) is 29.0 Å². The number of benzene rings is 3. The minimum absolute atomic E-state index is 0.0971. The van der Waals surface area contributed by atoms with Gasteiger partial charge in [0.15, 0.2) is 0 Å². The van der Waals surface area contributed by atoms with E-state index in [1.807, 2.05) is 37.3 Å². The van der Waals surface area contributed by atoms with Gasteiger partial charge in [-0.25, -0.2) is 4.98 Å². The maximum atomic E-state index is 13.0. The molecule has 1 N–H and O–H groups in total. The summed E-state index contributed by atoms with van der Waals surface area (Å²) >= 11 is 0. The van der Waals surface area contributed by atoms with Crippen LogP contribution in [-0.2, 0) is 0 Å². The summed E-state index contributed by atoms with van der Waals surface area (Å²) in [6.07, 6.45) is 1.76. The van der Waals surface area contributed by atoms with Crippen molar-refractivity contribution >= 4 is 22.5 Å². The number of amides is 1. The molecule has 3 aromatic carbocycles. The zero-order valence-corrected chi connectivity index (χ0v) is 19.9. The molecule has 178 valence electrons. The molecule has 1 aliphatic heterocycles. The minimum atomic E-state index is -0.117. The lowest BCUT2D eigenvalue weighted by atomic mass is 10.0. The van der Waals surface area contributed by atoms with Crippen molar-refractivity contribution in [3.05, 3.63) is 94.5 Å². The lowest BCUT2D eigenvalue weighted by Crippen LogP contribution is -2.44. The number of aromatic nitrogens is 2. The van der Waals surface area contributed by atoms with Gasteiger partial charge in [0, 0.05) is 30.4 Å². The van der Waals surface area contributed by atoms with Gasteiger partial charge in [0.1, 0.15) is 11.6 Å². The summed E-state index contributed by atoms with van der Waals surface area (Å²) in [5.41, 5.74) is 3.00. The molecule has 1 aliphatic rings. The summed E-state index contributed by atoms with van der Waals surface area (Å²) in [6, 6.07) is 22.6. The Morgan fingerprint density at radius 2 is 1.60 bits per heavy atom. The van der Waals surface area contributed by atoms with Crippen LogP contribution < -0.4 is 20.5 Å². The van der Waals surface area contributed by atoms with Crippen molar-refractivity contribution in [3.8, 4) is 11.4 Å². The van der Waals surface area contributed by atoms with Gasteiger partial charge in [-0.3, -0.25) is 14.2 Å². The summed E-state index contributed by atoms with van der Waals surface area (Å²) in [5.74, 6) is 1.36. The van der Waals surface area contributed by atoms with Crippen LogP contribution in [0.3, 0.4) is 0 Å². The highest BCUT2D eigenvalue weighted by Gasteiger charge is 2.21. The third-order valence-electron chi connectivity index (χ3n) is 6.60. The summed E-state index contributed by atoms with van der Waals surface area (Å²) in [5, 5.41) is 3.74. The van der Waals surface area contributed by atoms with Crippen LogP contribution in [0.4, 0.5) is 5.69 Å². The van der Waals surface area contributed by atoms with E-state index in [1.54, 1.807) is 42.0 Å². The number of rotatable bonds is 5. The topological polar surface area (TPSA) is 76.5 Å². The normalized spacial score (nSPS) is 14.2. The first-order chi connectivity index (χ1) is 17.0. The lowest BCUT2D eigenvalue weighted by Gasteiger charge is -2.34. The summed E-state index contributed by atoms with van der Waals surface area (Å²) in [4.78, 5) is 32.8. The number of ether oxygens (including phenoxy) is 1. The Kier molecular flexibility index (Phi) is 6.23. The number of carbonyl (C=O) groups excluding carboxylic acids is 1. The molecule has 1 amide bonds. The second kappa shape index (κ2) is 9.62. The number of fused-ring (bicyclic) bond motifs is 1. The fourth-order valence-electron chi connectivity index (χ4n) is 4.65. The molecule has 0 aliphatic carbocycles. The Hall–Kier alpha value is -4.13. The third-order valence-corrected chi connectivity index (χ3v) is 6.60. The van der Waals surface area contributed by atoms with Crippen molar-refractivity contribution in [3.63, 3.8) is 0 Å². The Morgan fingerprint density at radius 3 is 2.29 bits per heavy atom. The molecule has 7 heteroatoms. The highest BCUT2D eigenvalue weighted by molar-refractivity contribution is 5.94. The van der Waals surface area contributed by atoms with Crippen molar-refractivity contribution in [2.45, 2.75) is 25.8 Å². The van der Waals surface area contributed by atoms with Gasteiger partial charge < -0.3 is 15.0 Å². The summed E-state index contributed by atoms with van der Waals surface area (Å²) in [7, 11) is 1.66. The van der Waals surface area contributed by atoms with Crippen LogP contribution in [0.5, 0.6) is 5.75 Å². The van der Waals surface area contributed by atoms with Gasteiger partial charge in [-0.2, -0.15) is 0 Å². The van der Waals surface area contributed by atoms with Gasteiger partial charge in [-0.05, 0) is 80.4 Å². The van der Waals surface area contributed by atoms with Crippen molar-refractivity contribution < 1.29 is 9.53 Å².